The topological polar surface area (TPSA) is 32.7 Å². The molecule has 0 aromatic heterocycles. The molecule has 4 heteroatoms. The van der Waals surface area contributed by atoms with Crippen LogP contribution in [0.15, 0.2) is 18.2 Å². The molecule has 1 N–H and O–H groups in total. The fourth-order valence-corrected chi connectivity index (χ4v) is 2.31. The van der Waals surface area contributed by atoms with Gasteiger partial charge in [0.2, 0.25) is 0 Å². The second-order valence-corrected chi connectivity index (χ2v) is 4.71. The van der Waals surface area contributed by atoms with Gasteiger partial charge in [0.25, 0.3) is 0 Å². The Hall–Kier alpha value is -1.13. The van der Waals surface area contributed by atoms with Gasteiger partial charge in [-0.3, -0.25) is 4.90 Å². The van der Waals surface area contributed by atoms with Gasteiger partial charge in [-0.25, -0.2) is 4.39 Å². The normalized spacial score (nSPS) is 19.6. The van der Waals surface area contributed by atoms with Gasteiger partial charge < -0.3 is 9.84 Å². The van der Waals surface area contributed by atoms with Crippen LogP contribution in [0.1, 0.15) is 25.3 Å². The van der Waals surface area contributed by atoms with Crippen molar-refractivity contribution in [3.8, 4) is 5.75 Å². The first-order chi connectivity index (χ1) is 8.70. The Labute approximate surface area is 107 Å². The fourth-order valence-electron chi connectivity index (χ4n) is 2.31. The molecule has 100 valence electrons. The van der Waals surface area contributed by atoms with Gasteiger partial charge in [-0.15, -0.1) is 0 Å². The Kier molecular flexibility index (Phi) is 4.55. The van der Waals surface area contributed by atoms with Crippen LogP contribution in [0.4, 0.5) is 4.39 Å². The summed E-state index contributed by atoms with van der Waals surface area (Å²) in [6, 6.07) is 4.66. The molecule has 1 aliphatic heterocycles. The summed E-state index contributed by atoms with van der Waals surface area (Å²) >= 11 is 0. The number of hydrogen-bond donors (Lipinski definition) is 1. The average Bonchev–Trinajstić information content (AvgIpc) is 2.86. The van der Waals surface area contributed by atoms with E-state index in [1.54, 1.807) is 12.1 Å². The molecule has 1 aromatic rings. The van der Waals surface area contributed by atoms with Crippen LogP contribution < -0.4 is 0 Å². The van der Waals surface area contributed by atoms with Crippen molar-refractivity contribution in [1.82, 2.24) is 4.90 Å². The minimum absolute atomic E-state index is 0.233. The maximum Gasteiger partial charge on any atom is 0.165 e. The first kappa shape index (κ1) is 13.3. The summed E-state index contributed by atoms with van der Waals surface area (Å²) in [5, 5.41) is 9.67. The van der Waals surface area contributed by atoms with Crippen molar-refractivity contribution >= 4 is 0 Å². The third kappa shape index (κ3) is 3.21. The van der Waals surface area contributed by atoms with Crippen LogP contribution in [0.5, 0.6) is 5.75 Å². The van der Waals surface area contributed by atoms with Gasteiger partial charge in [0.1, 0.15) is 0 Å². The Bertz CT molecular complexity index is 391. The minimum atomic E-state index is -0.555. The van der Waals surface area contributed by atoms with E-state index in [1.165, 1.54) is 6.07 Å². The number of rotatable bonds is 5. The van der Waals surface area contributed by atoms with E-state index in [0.717, 1.165) is 32.5 Å². The summed E-state index contributed by atoms with van der Waals surface area (Å²) in [4.78, 5) is 2.17. The lowest BCUT2D eigenvalue weighted by atomic mass is 10.1. The van der Waals surface area contributed by atoms with E-state index >= 15 is 0 Å². The number of phenols is 1. The number of phenolic OH excluding ortho intramolecular Hbond substituents is 1. The van der Waals surface area contributed by atoms with E-state index in [-0.39, 0.29) is 11.9 Å². The lowest BCUT2D eigenvalue weighted by Gasteiger charge is -2.24. The highest BCUT2D eigenvalue weighted by Gasteiger charge is 2.19. The van der Waals surface area contributed by atoms with Crippen LogP contribution in [0.25, 0.3) is 0 Å². The van der Waals surface area contributed by atoms with Crippen molar-refractivity contribution in [1.29, 1.82) is 0 Å². The molecule has 1 heterocycles. The molecule has 0 saturated carbocycles. The Morgan fingerprint density at radius 1 is 1.50 bits per heavy atom. The number of para-hydroxylation sites is 1. The van der Waals surface area contributed by atoms with Gasteiger partial charge >= 0.3 is 0 Å². The van der Waals surface area contributed by atoms with E-state index in [0.29, 0.717) is 12.1 Å². The maximum atomic E-state index is 13.2. The molecule has 3 nitrogen and oxygen atoms in total. The van der Waals surface area contributed by atoms with Crippen LogP contribution in [0, 0.1) is 5.82 Å². The molecule has 1 aromatic carbocycles. The molecular weight excluding hydrogens is 233 g/mol. The summed E-state index contributed by atoms with van der Waals surface area (Å²) in [5.41, 5.74) is 0.634. The third-order valence-corrected chi connectivity index (χ3v) is 3.40. The molecule has 0 radical (unpaired) electrons. The van der Waals surface area contributed by atoms with Crippen molar-refractivity contribution < 1.29 is 14.2 Å². The van der Waals surface area contributed by atoms with Crippen LogP contribution >= 0.6 is 0 Å². The molecule has 1 atom stereocenters. The SMILES string of the molecule is CCN(Cc1cccc(F)c1O)CC1CCCO1. The summed E-state index contributed by atoms with van der Waals surface area (Å²) in [6.07, 6.45) is 2.49. The lowest BCUT2D eigenvalue weighted by Crippen LogP contribution is -2.31. The van der Waals surface area contributed by atoms with Crippen LogP contribution in [0.2, 0.25) is 0 Å². The summed E-state index contributed by atoms with van der Waals surface area (Å²) < 4.78 is 18.8. The Morgan fingerprint density at radius 2 is 2.33 bits per heavy atom. The molecule has 1 unspecified atom stereocenters. The number of ether oxygens (including phenoxy) is 1. The average molecular weight is 253 g/mol. The van der Waals surface area contributed by atoms with Crippen molar-refractivity contribution in [3.63, 3.8) is 0 Å². The Morgan fingerprint density at radius 3 is 3.00 bits per heavy atom. The molecule has 0 amide bonds. The largest absolute Gasteiger partial charge is 0.505 e. The van der Waals surface area contributed by atoms with E-state index in [1.807, 2.05) is 0 Å². The maximum absolute atomic E-state index is 13.2. The predicted molar refractivity (Wildman–Crippen MR) is 68.0 cm³/mol. The monoisotopic (exact) mass is 253 g/mol. The molecule has 1 saturated heterocycles. The molecule has 0 spiro atoms. The standard InChI is InChI=1S/C14H20FNO2/c1-2-16(10-12-6-4-8-18-12)9-11-5-3-7-13(15)14(11)17/h3,5,7,12,17H,2,4,6,8-10H2,1H3. The van der Waals surface area contributed by atoms with Gasteiger partial charge in [0.15, 0.2) is 11.6 Å². The second-order valence-electron chi connectivity index (χ2n) is 4.71. The summed E-state index contributed by atoms with van der Waals surface area (Å²) in [7, 11) is 0. The highest BCUT2D eigenvalue weighted by Crippen LogP contribution is 2.23. The van der Waals surface area contributed by atoms with E-state index < -0.39 is 5.82 Å². The lowest BCUT2D eigenvalue weighted by molar-refractivity contribution is 0.0722. The molecule has 0 bridgehead atoms. The zero-order valence-corrected chi connectivity index (χ0v) is 10.7. The highest BCUT2D eigenvalue weighted by molar-refractivity contribution is 5.33. The first-order valence-electron chi connectivity index (χ1n) is 6.51. The molecule has 0 aliphatic carbocycles. The van der Waals surface area contributed by atoms with Gasteiger partial charge in [-0.05, 0) is 25.5 Å². The number of benzene rings is 1. The Balaban J connectivity index is 1.98. The molecule has 1 aliphatic rings. The van der Waals surface area contributed by atoms with Crippen LogP contribution in [-0.4, -0.2) is 35.8 Å². The smallest absolute Gasteiger partial charge is 0.165 e. The number of halogens is 1. The zero-order valence-electron chi connectivity index (χ0n) is 10.7. The van der Waals surface area contributed by atoms with E-state index in [2.05, 4.69) is 11.8 Å². The van der Waals surface area contributed by atoms with Crippen LogP contribution in [0.3, 0.4) is 0 Å². The van der Waals surface area contributed by atoms with E-state index in [9.17, 15) is 9.50 Å². The van der Waals surface area contributed by atoms with Crippen molar-refractivity contribution in [2.45, 2.75) is 32.4 Å². The van der Waals surface area contributed by atoms with Crippen molar-refractivity contribution in [3.05, 3.63) is 29.6 Å². The van der Waals surface area contributed by atoms with Crippen molar-refractivity contribution in [2.24, 2.45) is 0 Å². The molecule has 18 heavy (non-hydrogen) atoms. The summed E-state index contributed by atoms with van der Waals surface area (Å²) in [5.74, 6) is -0.788. The number of aromatic hydroxyl groups is 1. The predicted octanol–water partition coefficient (Wildman–Crippen LogP) is 2.53. The quantitative estimate of drug-likeness (QED) is 0.875. The summed E-state index contributed by atoms with van der Waals surface area (Å²) in [6.45, 7) is 5.15. The van der Waals surface area contributed by atoms with Gasteiger partial charge in [0.05, 0.1) is 6.10 Å². The second kappa shape index (κ2) is 6.16. The molecule has 1 fully saturated rings. The van der Waals surface area contributed by atoms with Gasteiger partial charge in [-0.1, -0.05) is 19.1 Å². The minimum Gasteiger partial charge on any atom is -0.505 e. The van der Waals surface area contributed by atoms with Gasteiger partial charge in [-0.2, -0.15) is 0 Å². The molecule has 2 rings (SSSR count). The highest BCUT2D eigenvalue weighted by atomic mass is 19.1. The number of likely N-dealkylation sites (N-methyl/N-ethyl adjacent to an activating group) is 1. The fraction of sp³-hybridized carbons (Fsp3) is 0.571. The van der Waals surface area contributed by atoms with Gasteiger partial charge in [0, 0.05) is 25.3 Å². The number of hydrogen-bond acceptors (Lipinski definition) is 3. The third-order valence-electron chi connectivity index (χ3n) is 3.40. The van der Waals surface area contributed by atoms with E-state index in [4.69, 9.17) is 4.74 Å². The van der Waals surface area contributed by atoms with Crippen LogP contribution in [-0.2, 0) is 11.3 Å². The molecular formula is C14H20FNO2. The number of nitrogens with zero attached hydrogens (tertiary/aromatic N) is 1. The van der Waals surface area contributed by atoms with Crippen molar-refractivity contribution in [2.75, 3.05) is 19.7 Å². The first-order valence-corrected chi connectivity index (χ1v) is 6.51. The zero-order chi connectivity index (χ0) is 13.0.